The number of nitrogens with one attached hydrogen (secondary N) is 1. The van der Waals surface area contributed by atoms with Crippen molar-refractivity contribution in [2.24, 2.45) is 5.92 Å². The van der Waals surface area contributed by atoms with Crippen molar-refractivity contribution >= 4 is 52.7 Å². The molecule has 0 aromatic rings. The molecule has 0 aromatic carbocycles. The maximum Gasteiger partial charge on any atom is 0.408 e. The summed E-state index contributed by atoms with van der Waals surface area (Å²) >= 11 is 17.5. The van der Waals surface area contributed by atoms with Crippen LogP contribution < -0.4 is 5.32 Å². The van der Waals surface area contributed by atoms with E-state index >= 15 is 0 Å². The SMILES string of the molecule is COC1=CC(=O)N(C(=O)[C@@H](CCC(Cl)(Cl)Cl)NC(=O)OC(C)(C)C)[C@H]1CC(C)C. The Morgan fingerprint density at radius 1 is 1.24 bits per heavy atom. The molecule has 0 aromatic heterocycles. The first-order chi connectivity index (χ1) is 13.1. The van der Waals surface area contributed by atoms with Gasteiger partial charge in [0, 0.05) is 6.08 Å². The van der Waals surface area contributed by atoms with Gasteiger partial charge in [-0.05, 0) is 46.0 Å². The lowest BCUT2D eigenvalue weighted by Gasteiger charge is -2.30. The standard InChI is InChI=1S/C19H29Cl3N2O5/c1-11(2)9-13-14(28-6)10-15(25)24(13)16(26)12(7-8-19(20,21)22)23-17(27)29-18(3,4)5/h10-13H,7-9H2,1-6H3,(H,23,27)/t12-,13+/m1/s1. The smallest absolute Gasteiger partial charge is 0.408 e. The molecule has 0 bridgehead atoms. The molecule has 1 aliphatic rings. The number of amides is 3. The molecular formula is C19H29Cl3N2O5. The number of alkyl halides is 3. The van der Waals surface area contributed by atoms with Crippen molar-refractivity contribution < 1.29 is 23.9 Å². The van der Waals surface area contributed by atoms with Gasteiger partial charge in [-0.15, -0.1) is 0 Å². The molecule has 29 heavy (non-hydrogen) atoms. The van der Waals surface area contributed by atoms with Crippen LogP contribution in [0.4, 0.5) is 4.79 Å². The predicted octanol–water partition coefficient (Wildman–Crippen LogP) is 4.34. The first-order valence-corrected chi connectivity index (χ1v) is 10.5. The zero-order chi connectivity index (χ0) is 22.6. The Morgan fingerprint density at radius 3 is 2.28 bits per heavy atom. The van der Waals surface area contributed by atoms with Gasteiger partial charge in [-0.2, -0.15) is 0 Å². The van der Waals surface area contributed by atoms with Crippen molar-refractivity contribution in [2.45, 2.75) is 75.4 Å². The molecule has 1 aliphatic heterocycles. The van der Waals surface area contributed by atoms with Crippen LogP contribution in [0.1, 0.15) is 53.9 Å². The van der Waals surface area contributed by atoms with Gasteiger partial charge in [0.25, 0.3) is 11.8 Å². The molecule has 0 unspecified atom stereocenters. The fraction of sp³-hybridized carbons (Fsp3) is 0.737. The normalized spacial score (nSPS) is 18.6. The summed E-state index contributed by atoms with van der Waals surface area (Å²) in [6, 6.07) is -1.67. The summed E-state index contributed by atoms with van der Waals surface area (Å²) < 4.78 is 8.90. The van der Waals surface area contributed by atoms with Crippen molar-refractivity contribution in [1.29, 1.82) is 0 Å². The zero-order valence-corrected chi connectivity index (χ0v) is 19.8. The first kappa shape index (κ1) is 25.9. The van der Waals surface area contributed by atoms with E-state index in [1.54, 1.807) is 20.8 Å². The van der Waals surface area contributed by atoms with E-state index in [0.29, 0.717) is 12.2 Å². The average molecular weight is 472 g/mol. The molecule has 3 amide bonds. The molecule has 0 spiro atoms. The maximum absolute atomic E-state index is 13.2. The van der Waals surface area contributed by atoms with Crippen LogP contribution in [0.5, 0.6) is 0 Å². The van der Waals surface area contributed by atoms with Gasteiger partial charge in [0.2, 0.25) is 0 Å². The van der Waals surface area contributed by atoms with Crippen LogP contribution in [0, 0.1) is 5.92 Å². The van der Waals surface area contributed by atoms with Gasteiger partial charge < -0.3 is 14.8 Å². The van der Waals surface area contributed by atoms with E-state index in [4.69, 9.17) is 44.3 Å². The highest BCUT2D eigenvalue weighted by molar-refractivity contribution is 6.67. The fourth-order valence-corrected chi connectivity index (χ4v) is 3.20. The summed E-state index contributed by atoms with van der Waals surface area (Å²) in [7, 11) is 1.44. The molecule has 1 heterocycles. The predicted molar refractivity (Wildman–Crippen MR) is 113 cm³/mol. The third kappa shape index (κ3) is 8.60. The maximum atomic E-state index is 13.2. The second-order valence-corrected chi connectivity index (χ2v) is 10.8. The molecule has 0 saturated carbocycles. The highest BCUT2D eigenvalue weighted by Gasteiger charge is 2.42. The summed E-state index contributed by atoms with van der Waals surface area (Å²) in [5.41, 5.74) is -0.763. The Bertz CT molecular complexity index is 653. The molecular weight excluding hydrogens is 443 g/mol. The Balaban J connectivity index is 3.10. The Labute approximate surface area is 187 Å². The van der Waals surface area contributed by atoms with Crippen LogP contribution in [-0.4, -0.2) is 51.4 Å². The number of carbonyl (C=O) groups excluding carboxylic acids is 3. The van der Waals surface area contributed by atoms with Crippen molar-refractivity contribution in [3.05, 3.63) is 11.8 Å². The first-order valence-electron chi connectivity index (χ1n) is 9.33. The number of alkyl carbamates (subject to hydrolysis) is 1. The van der Waals surface area contributed by atoms with Gasteiger partial charge in [0.05, 0.1) is 13.2 Å². The van der Waals surface area contributed by atoms with Crippen LogP contribution in [0.15, 0.2) is 11.8 Å². The Hall–Kier alpha value is -1.18. The van der Waals surface area contributed by atoms with Gasteiger partial charge >= 0.3 is 6.09 Å². The fourth-order valence-electron chi connectivity index (χ4n) is 2.88. The number of imide groups is 1. The lowest BCUT2D eigenvalue weighted by molar-refractivity contribution is -0.145. The lowest BCUT2D eigenvalue weighted by Crippen LogP contribution is -2.53. The van der Waals surface area contributed by atoms with Gasteiger partial charge in [0.15, 0.2) is 3.79 Å². The number of ether oxygens (including phenoxy) is 2. The summed E-state index contributed by atoms with van der Waals surface area (Å²) in [5, 5.41) is 2.51. The van der Waals surface area contributed by atoms with E-state index in [0.717, 1.165) is 4.90 Å². The molecule has 0 aliphatic carbocycles. The monoisotopic (exact) mass is 470 g/mol. The van der Waals surface area contributed by atoms with E-state index in [9.17, 15) is 14.4 Å². The average Bonchev–Trinajstić information content (AvgIpc) is 2.83. The van der Waals surface area contributed by atoms with Crippen LogP contribution in [-0.2, 0) is 19.1 Å². The number of hydrogen-bond donors (Lipinski definition) is 1. The molecule has 1 rings (SSSR count). The largest absolute Gasteiger partial charge is 0.499 e. The molecule has 7 nitrogen and oxygen atoms in total. The molecule has 1 N–H and O–H groups in total. The van der Waals surface area contributed by atoms with Gasteiger partial charge in [0.1, 0.15) is 17.4 Å². The Kier molecular flexibility index (Phi) is 9.12. The number of nitrogens with zero attached hydrogens (tertiary/aromatic N) is 1. The van der Waals surface area contributed by atoms with Crippen molar-refractivity contribution in [3.63, 3.8) is 0 Å². The second-order valence-electron chi connectivity index (χ2n) is 8.30. The highest BCUT2D eigenvalue weighted by Crippen LogP contribution is 2.33. The van der Waals surface area contributed by atoms with E-state index < -0.39 is 39.4 Å². The number of carbonyl (C=O) groups is 3. The van der Waals surface area contributed by atoms with Crippen LogP contribution in [0.3, 0.4) is 0 Å². The third-order valence-corrected chi connectivity index (χ3v) is 4.58. The van der Waals surface area contributed by atoms with E-state index in [-0.39, 0.29) is 18.8 Å². The van der Waals surface area contributed by atoms with Gasteiger partial charge in [-0.25, -0.2) is 4.79 Å². The van der Waals surface area contributed by atoms with Crippen LogP contribution in [0.25, 0.3) is 0 Å². The molecule has 0 fully saturated rings. The minimum Gasteiger partial charge on any atom is -0.499 e. The van der Waals surface area contributed by atoms with Crippen LogP contribution >= 0.6 is 34.8 Å². The second kappa shape index (κ2) is 10.2. The zero-order valence-electron chi connectivity index (χ0n) is 17.6. The summed E-state index contributed by atoms with van der Waals surface area (Å²) in [6.45, 7) is 9.03. The summed E-state index contributed by atoms with van der Waals surface area (Å²) in [5.74, 6) is -0.529. The van der Waals surface area contributed by atoms with E-state index in [1.807, 2.05) is 13.8 Å². The summed E-state index contributed by atoms with van der Waals surface area (Å²) in [6.07, 6.45) is 0.998. The van der Waals surface area contributed by atoms with Crippen molar-refractivity contribution in [3.8, 4) is 0 Å². The quantitative estimate of drug-likeness (QED) is 0.558. The number of halogens is 3. The molecule has 2 atom stereocenters. The Morgan fingerprint density at radius 2 is 1.83 bits per heavy atom. The molecule has 0 radical (unpaired) electrons. The van der Waals surface area contributed by atoms with Crippen molar-refractivity contribution in [2.75, 3.05) is 7.11 Å². The van der Waals surface area contributed by atoms with Crippen LogP contribution in [0.2, 0.25) is 0 Å². The molecule has 166 valence electrons. The molecule has 10 heteroatoms. The van der Waals surface area contributed by atoms with Gasteiger partial charge in [-0.1, -0.05) is 48.7 Å². The van der Waals surface area contributed by atoms with E-state index in [2.05, 4.69) is 5.32 Å². The number of methoxy groups -OCH3 is 1. The van der Waals surface area contributed by atoms with Crippen molar-refractivity contribution in [1.82, 2.24) is 10.2 Å². The minimum absolute atomic E-state index is 0.00862. The minimum atomic E-state index is -1.61. The number of hydrogen-bond acceptors (Lipinski definition) is 5. The van der Waals surface area contributed by atoms with Gasteiger partial charge in [-0.3, -0.25) is 14.5 Å². The third-order valence-electron chi connectivity index (χ3n) is 4.02. The summed E-state index contributed by atoms with van der Waals surface area (Å²) in [4.78, 5) is 39.1. The van der Waals surface area contributed by atoms with E-state index in [1.165, 1.54) is 13.2 Å². The lowest BCUT2D eigenvalue weighted by atomic mass is 10.0. The molecule has 0 saturated heterocycles. The highest BCUT2D eigenvalue weighted by atomic mass is 35.6. The topological polar surface area (TPSA) is 84.9 Å². The number of rotatable bonds is 7.